The Balaban J connectivity index is 1.43. The predicted octanol–water partition coefficient (Wildman–Crippen LogP) is 3.21. The fourth-order valence-corrected chi connectivity index (χ4v) is 3.03. The van der Waals surface area contributed by atoms with Crippen molar-refractivity contribution in [2.24, 2.45) is 0 Å². The summed E-state index contributed by atoms with van der Waals surface area (Å²) in [7, 11) is 0. The fourth-order valence-electron chi connectivity index (χ4n) is 3.03. The van der Waals surface area contributed by atoms with Gasteiger partial charge in [-0.1, -0.05) is 18.2 Å². The number of ether oxygens (including phenoxy) is 2. The molecule has 152 valence electrons. The summed E-state index contributed by atoms with van der Waals surface area (Å²) in [6.07, 6.45) is -0.717. The normalized spacial score (nSPS) is 15.2. The Morgan fingerprint density at radius 3 is 2.53 bits per heavy atom. The molecule has 0 fully saturated rings. The number of nitrogens with two attached hydrogens (primary N) is 1. The Kier molecular flexibility index (Phi) is 5.21. The summed E-state index contributed by atoms with van der Waals surface area (Å²) in [4.78, 5) is 30.5. The molecule has 1 aliphatic heterocycles. The van der Waals surface area contributed by atoms with Gasteiger partial charge in [0.25, 0.3) is 5.91 Å². The number of aromatic nitrogens is 1. The van der Waals surface area contributed by atoms with E-state index in [0.717, 1.165) is 5.75 Å². The van der Waals surface area contributed by atoms with Crippen LogP contribution < -0.4 is 25.4 Å². The highest BCUT2D eigenvalue weighted by atomic mass is 16.5. The van der Waals surface area contributed by atoms with Gasteiger partial charge in [0.1, 0.15) is 23.9 Å². The lowest BCUT2D eigenvalue weighted by atomic mass is 10.2. The minimum absolute atomic E-state index is 0.210. The summed E-state index contributed by atoms with van der Waals surface area (Å²) in [6.45, 7) is 1.41. The number of nitrogen functional groups attached to an aromatic ring is 1. The Labute approximate surface area is 173 Å². The third kappa shape index (κ3) is 4.17. The van der Waals surface area contributed by atoms with Crippen LogP contribution in [0.3, 0.4) is 0 Å². The largest absolute Gasteiger partial charge is 0.477 e. The summed E-state index contributed by atoms with van der Waals surface area (Å²) in [5.41, 5.74) is 6.31. The minimum Gasteiger partial charge on any atom is -0.477 e. The van der Waals surface area contributed by atoms with Crippen LogP contribution in [0.25, 0.3) is 0 Å². The molecular formula is C22H20N4O4. The molecule has 2 heterocycles. The van der Waals surface area contributed by atoms with Gasteiger partial charge in [-0.15, -0.1) is 0 Å². The summed E-state index contributed by atoms with van der Waals surface area (Å²) < 4.78 is 11.3. The van der Waals surface area contributed by atoms with Crippen molar-refractivity contribution in [3.05, 3.63) is 66.7 Å². The van der Waals surface area contributed by atoms with Gasteiger partial charge in [0, 0.05) is 5.69 Å². The number of carbonyl (C=O) groups is 2. The highest BCUT2D eigenvalue weighted by Gasteiger charge is 2.34. The maximum absolute atomic E-state index is 12.6. The molecule has 0 saturated carbocycles. The molecule has 3 aromatic rings. The molecule has 1 aliphatic rings. The standard InChI is InChI=1S/C22H20N4O4/c1-14-22(28)26(21-18(29-14)11-12-19(23)25-21)13-20(27)24-15-7-9-17(10-8-15)30-16-5-3-2-4-6-16/h2-12,14H,13H2,1H3,(H2,23,25)(H,24,27). The zero-order valence-corrected chi connectivity index (χ0v) is 16.2. The van der Waals surface area contributed by atoms with Gasteiger partial charge in [0.2, 0.25) is 5.91 Å². The number of amides is 2. The van der Waals surface area contributed by atoms with E-state index in [-0.39, 0.29) is 30.0 Å². The van der Waals surface area contributed by atoms with Crippen molar-refractivity contribution < 1.29 is 19.1 Å². The number of hydrogen-bond acceptors (Lipinski definition) is 6. The number of carbonyl (C=O) groups excluding carboxylic acids is 2. The number of anilines is 3. The van der Waals surface area contributed by atoms with Crippen molar-refractivity contribution in [1.29, 1.82) is 0 Å². The van der Waals surface area contributed by atoms with E-state index in [4.69, 9.17) is 15.2 Å². The zero-order chi connectivity index (χ0) is 21.1. The lowest BCUT2D eigenvalue weighted by molar-refractivity contribution is -0.127. The maximum atomic E-state index is 12.6. The number of para-hydroxylation sites is 1. The highest BCUT2D eigenvalue weighted by Crippen LogP contribution is 2.32. The van der Waals surface area contributed by atoms with Gasteiger partial charge in [0.05, 0.1) is 0 Å². The van der Waals surface area contributed by atoms with E-state index < -0.39 is 6.10 Å². The first kappa shape index (κ1) is 19.3. The molecule has 8 nitrogen and oxygen atoms in total. The van der Waals surface area contributed by atoms with Crippen molar-refractivity contribution >= 4 is 29.1 Å². The van der Waals surface area contributed by atoms with Crippen LogP contribution in [0.2, 0.25) is 0 Å². The number of nitrogens with one attached hydrogen (secondary N) is 1. The number of benzene rings is 2. The van der Waals surface area contributed by atoms with Crippen LogP contribution in [-0.2, 0) is 9.59 Å². The van der Waals surface area contributed by atoms with E-state index in [2.05, 4.69) is 10.3 Å². The van der Waals surface area contributed by atoms with Gasteiger partial charge in [0.15, 0.2) is 17.7 Å². The molecule has 30 heavy (non-hydrogen) atoms. The van der Waals surface area contributed by atoms with Crippen LogP contribution in [0.4, 0.5) is 17.3 Å². The summed E-state index contributed by atoms with van der Waals surface area (Å²) in [6, 6.07) is 19.6. The highest BCUT2D eigenvalue weighted by molar-refractivity contribution is 6.05. The van der Waals surface area contributed by atoms with E-state index >= 15 is 0 Å². The summed E-state index contributed by atoms with van der Waals surface area (Å²) in [5.74, 6) is 1.52. The van der Waals surface area contributed by atoms with E-state index in [9.17, 15) is 9.59 Å². The Bertz CT molecular complexity index is 1070. The maximum Gasteiger partial charge on any atom is 0.269 e. The van der Waals surface area contributed by atoms with Crippen molar-refractivity contribution in [2.45, 2.75) is 13.0 Å². The van der Waals surface area contributed by atoms with Gasteiger partial charge >= 0.3 is 0 Å². The van der Waals surface area contributed by atoms with Crippen LogP contribution in [0.1, 0.15) is 6.92 Å². The van der Waals surface area contributed by atoms with Crippen LogP contribution in [0.15, 0.2) is 66.7 Å². The molecule has 1 unspecified atom stereocenters. The molecule has 0 aliphatic carbocycles. The summed E-state index contributed by atoms with van der Waals surface area (Å²) in [5, 5.41) is 2.77. The molecule has 0 saturated heterocycles. The van der Waals surface area contributed by atoms with Crippen LogP contribution in [0.5, 0.6) is 17.2 Å². The van der Waals surface area contributed by atoms with Crippen LogP contribution >= 0.6 is 0 Å². The zero-order valence-electron chi connectivity index (χ0n) is 16.2. The van der Waals surface area contributed by atoms with E-state index in [0.29, 0.717) is 17.2 Å². The third-order valence-electron chi connectivity index (χ3n) is 4.45. The number of nitrogens with zero attached hydrogens (tertiary/aromatic N) is 2. The molecule has 1 aromatic heterocycles. The Morgan fingerprint density at radius 1 is 1.10 bits per heavy atom. The van der Waals surface area contributed by atoms with Gasteiger partial charge < -0.3 is 20.5 Å². The predicted molar refractivity (Wildman–Crippen MR) is 113 cm³/mol. The Morgan fingerprint density at radius 2 is 1.80 bits per heavy atom. The van der Waals surface area contributed by atoms with Crippen LogP contribution in [0, 0.1) is 0 Å². The van der Waals surface area contributed by atoms with E-state index in [1.54, 1.807) is 43.3 Å². The van der Waals surface area contributed by atoms with Gasteiger partial charge in [-0.3, -0.25) is 14.5 Å². The molecule has 0 radical (unpaired) electrons. The van der Waals surface area contributed by atoms with Crippen molar-refractivity contribution in [1.82, 2.24) is 4.98 Å². The molecule has 3 N–H and O–H groups in total. The smallest absolute Gasteiger partial charge is 0.269 e. The molecule has 0 spiro atoms. The second-order valence-electron chi connectivity index (χ2n) is 6.73. The average Bonchev–Trinajstić information content (AvgIpc) is 2.74. The molecule has 4 rings (SSSR count). The summed E-state index contributed by atoms with van der Waals surface area (Å²) >= 11 is 0. The molecular weight excluding hydrogens is 384 g/mol. The van der Waals surface area contributed by atoms with Crippen molar-refractivity contribution in [3.8, 4) is 17.2 Å². The molecule has 2 aromatic carbocycles. The number of hydrogen-bond donors (Lipinski definition) is 2. The quantitative estimate of drug-likeness (QED) is 0.676. The Hall–Kier alpha value is -4.07. The third-order valence-corrected chi connectivity index (χ3v) is 4.45. The van der Waals surface area contributed by atoms with Crippen LogP contribution in [-0.4, -0.2) is 29.4 Å². The second-order valence-corrected chi connectivity index (χ2v) is 6.73. The lowest BCUT2D eigenvalue weighted by Crippen LogP contribution is -2.48. The molecule has 2 amide bonds. The molecule has 0 bridgehead atoms. The lowest BCUT2D eigenvalue weighted by Gasteiger charge is -2.31. The first-order valence-corrected chi connectivity index (χ1v) is 9.37. The van der Waals surface area contributed by atoms with Crippen molar-refractivity contribution in [2.75, 3.05) is 22.5 Å². The minimum atomic E-state index is -0.717. The molecule has 1 atom stereocenters. The monoisotopic (exact) mass is 404 g/mol. The topological polar surface area (TPSA) is 107 Å². The SMILES string of the molecule is CC1Oc2ccc(N)nc2N(CC(=O)Nc2ccc(Oc3ccccc3)cc2)C1=O. The van der Waals surface area contributed by atoms with Crippen molar-refractivity contribution in [3.63, 3.8) is 0 Å². The fraction of sp³-hybridized carbons (Fsp3) is 0.136. The average molecular weight is 404 g/mol. The van der Waals surface area contributed by atoms with E-state index in [1.165, 1.54) is 4.90 Å². The first-order chi connectivity index (χ1) is 14.5. The van der Waals surface area contributed by atoms with E-state index in [1.807, 2.05) is 30.3 Å². The first-order valence-electron chi connectivity index (χ1n) is 9.37. The molecule has 8 heteroatoms. The number of pyridine rings is 1. The van der Waals surface area contributed by atoms with Gasteiger partial charge in [-0.2, -0.15) is 0 Å². The second kappa shape index (κ2) is 8.12. The number of fused-ring (bicyclic) bond motifs is 1. The number of rotatable bonds is 5. The van der Waals surface area contributed by atoms with Gasteiger partial charge in [-0.05, 0) is 55.5 Å². The van der Waals surface area contributed by atoms with Gasteiger partial charge in [-0.25, -0.2) is 4.98 Å².